The first-order valence-corrected chi connectivity index (χ1v) is 12.5. The van der Waals surface area contributed by atoms with E-state index in [2.05, 4.69) is 22.0 Å². The molecular weight excluding hydrogens is 442 g/mol. The Hall–Kier alpha value is -3.32. The monoisotopic (exact) mass is 473 g/mol. The van der Waals surface area contributed by atoms with Gasteiger partial charge in [-0.3, -0.25) is 14.7 Å². The molecule has 6 rings (SSSR count). The molecule has 0 aliphatic carbocycles. The van der Waals surface area contributed by atoms with Gasteiger partial charge in [-0.25, -0.2) is 0 Å². The lowest BCUT2D eigenvalue weighted by molar-refractivity contribution is -0.118. The van der Waals surface area contributed by atoms with Gasteiger partial charge >= 0.3 is 0 Å². The van der Waals surface area contributed by atoms with Crippen LogP contribution in [0.5, 0.6) is 17.2 Å². The number of likely N-dealkylation sites (tertiary alicyclic amines) is 1. The lowest BCUT2D eigenvalue weighted by atomic mass is 10.0. The Balaban J connectivity index is 1.05. The molecule has 1 amide bonds. The van der Waals surface area contributed by atoms with E-state index in [9.17, 15) is 4.79 Å². The fourth-order valence-electron chi connectivity index (χ4n) is 5.34. The minimum atomic E-state index is -0.0133. The van der Waals surface area contributed by atoms with Gasteiger partial charge < -0.3 is 19.1 Å². The van der Waals surface area contributed by atoms with E-state index >= 15 is 0 Å². The molecule has 2 aromatic carbocycles. The molecule has 1 aromatic heterocycles. The Labute approximate surface area is 205 Å². The number of amides is 1. The van der Waals surface area contributed by atoms with Crippen molar-refractivity contribution in [1.82, 2.24) is 9.88 Å². The molecule has 3 aromatic rings. The fraction of sp³-hybridized carbons (Fsp3) is 0.429. The van der Waals surface area contributed by atoms with E-state index in [4.69, 9.17) is 14.2 Å². The van der Waals surface area contributed by atoms with E-state index in [1.54, 1.807) is 4.90 Å². The highest BCUT2D eigenvalue weighted by molar-refractivity contribution is 5.96. The highest BCUT2D eigenvalue weighted by Gasteiger charge is 2.28. The van der Waals surface area contributed by atoms with E-state index in [1.165, 1.54) is 5.56 Å². The van der Waals surface area contributed by atoms with Crippen molar-refractivity contribution in [2.75, 3.05) is 38.2 Å². The van der Waals surface area contributed by atoms with Crippen molar-refractivity contribution in [2.24, 2.45) is 0 Å². The number of hydrogen-bond acceptors (Lipinski definition) is 6. The molecule has 7 nitrogen and oxygen atoms in total. The lowest BCUT2D eigenvalue weighted by Crippen LogP contribution is -2.45. The lowest BCUT2D eigenvalue weighted by Gasteiger charge is -2.36. The van der Waals surface area contributed by atoms with Crippen molar-refractivity contribution in [3.05, 3.63) is 53.7 Å². The molecule has 0 N–H and O–H groups in total. The van der Waals surface area contributed by atoms with Crippen LogP contribution in [0.1, 0.15) is 30.5 Å². The van der Waals surface area contributed by atoms with Crippen molar-refractivity contribution >= 4 is 22.5 Å². The number of pyridine rings is 1. The number of hydrogen-bond donors (Lipinski definition) is 0. The van der Waals surface area contributed by atoms with Gasteiger partial charge in [-0.05, 0) is 62.1 Å². The van der Waals surface area contributed by atoms with Gasteiger partial charge in [-0.2, -0.15) is 0 Å². The SMILES string of the molecule is Cc1ccc2c3c(ccc2n1)OC[C@H](CN1CCC(Oc2ccc4c(c2)N(C)C(=O)CC4)CC1)O3. The van der Waals surface area contributed by atoms with E-state index < -0.39 is 0 Å². The van der Waals surface area contributed by atoms with Gasteiger partial charge in [0.25, 0.3) is 0 Å². The molecule has 0 saturated carbocycles. The summed E-state index contributed by atoms with van der Waals surface area (Å²) in [4.78, 5) is 20.9. The average Bonchev–Trinajstić information content (AvgIpc) is 2.87. The predicted octanol–water partition coefficient (Wildman–Crippen LogP) is 4.14. The van der Waals surface area contributed by atoms with Crippen LogP contribution >= 0.6 is 0 Å². The number of fused-ring (bicyclic) bond motifs is 4. The summed E-state index contributed by atoms with van der Waals surface area (Å²) < 4.78 is 18.8. The molecule has 182 valence electrons. The Morgan fingerprint density at radius 2 is 1.94 bits per heavy atom. The molecule has 1 fully saturated rings. The summed E-state index contributed by atoms with van der Waals surface area (Å²) in [6.45, 7) is 5.29. The summed E-state index contributed by atoms with van der Waals surface area (Å²) in [6, 6.07) is 14.2. The highest BCUT2D eigenvalue weighted by Crippen LogP contribution is 2.38. The summed E-state index contributed by atoms with van der Waals surface area (Å²) in [5.41, 5.74) is 4.11. The maximum atomic E-state index is 12.1. The molecule has 3 aliphatic heterocycles. The van der Waals surface area contributed by atoms with E-state index in [1.807, 2.05) is 44.3 Å². The van der Waals surface area contributed by atoms with Crippen LogP contribution in [0.4, 0.5) is 5.69 Å². The van der Waals surface area contributed by atoms with Crippen LogP contribution in [0.25, 0.3) is 10.9 Å². The standard InChI is InChI=1S/C28H31N3O4/c1-18-3-7-23-24(29-18)8-9-26-28(23)35-22(17-33-26)16-31-13-11-20(12-14-31)34-21-6-4-19-5-10-27(32)30(2)25(19)15-21/h3-4,6-9,15,20,22H,5,10-14,16-17H2,1-2H3/t22-/m0/s1. The summed E-state index contributed by atoms with van der Waals surface area (Å²) >= 11 is 0. The third kappa shape index (κ3) is 4.41. The minimum absolute atomic E-state index is 0.0133. The van der Waals surface area contributed by atoms with Crippen molar-refractivity contribution in [3.63, 3.8) is 0 Å². The highest BCUT2D eigenvalue weighted by atomic mass is 16.6. The minimum Gasteiger partial charge on any atom is -0.490 e. The first-order chi connectivity index (χ1) is 17.0. The zero-order valence-electron chi connectivity index (χ0n) is 20.3. The number of aromatic nitrogens is 1. The van der Waals surface area contributed by atoms with Crippen molar-refractivity contribution in [2.45, 2.75) is 44.8 Å². The molecule has 35 heavy (non-hydrogen) atoms. The van der Waals surface area contributed by atoms with Crippen LogP contribution < -0.4 is 19.1 Å². The molecule has 0 unspecified atom stereocenters. The van der Waals surface area contributed by atoms with Gasteiger partial charge in [-0.15, -0.1) is 0 Å². The first kappa shape index (κ1) is 22.2. The topological polar surface area (TPSA) is 64.1 Å². The maximum absolute atomic E-state index is 12.1. The number of carbonyl (C=O) groups is 1. The molecule has 1 saturated heterocycles. The van der Waals surface area contributed by atoms with Crippen LogP contribution in [0.2, 0.25) is 0 Å². The second-order valence-corrected chi connectivity index (χ2v) is 9.82. The third-order valence-electron chi connectivity index (χ3n) is 7.33. The van der Waals surface area contributed by atoms with E-state index in [0.717, 1.165) is 78.4 Å². The van der Waals surface area contributed by atoms with Gasteiger partial charge in [0.1, 0.15) is 24.6 Å². The van der Waals surface area contributed by atoms with Crippen LogP contribution in [-0.2, 0) is 11.2 Å². The maximum Gasteiger partial charge on any atom is 0.227 e. The molecule has 7 heteroatoms. The normalized spacial score (nSPS) is 20.7. The van der Waals surface area contributed by atoms with Gasteiger partial charge in [-0.1, -0.05) is 6.07 Å². The van der Waals surface area contributed by atoms with Crippen molar-refractivity contribution < 1.29 is 19.0 Å². The van der Waals surface area contributed by atoms with Crippen LogP contribution in [0, 0.1) is 6.92 Å². The molecule has 0 radical (unpaired) electrons. The van der Waals surface area contributed by atoms with Crippen LogP contribution in [0.3, 0.4) is 0 Å². The predicted molar refractivity (Wildman–Crippen MR) is 135 cm³/mol. The largest absolute Gasteiger partial charge is 0.490 e. The zero-order valence-corrected chi connectivity index (χ0v) is 20.3. The third-order valence-corrected chi connectivity index (χ3v) is 7.33. The molecular formula is C28H31N3O4. The summed E-state index contributed by atoms with van der Waals surface area (Å²) in [7, 11) is 1.85. The Kier molecular flexibility index (Phi) is 5.72. The van der Waals surface area contributed by atoms with Gasteiger partial charge in [0.15, 0.2) is 11.5 Å². The second kappa shape index (κ2) is 9.04. The quantitative estimate of drug-likeness (QED) is 0.568. The fourth-order valence-corrected chi connectivity index (χ4v) is 5.34. The van der Waals surface area contributed by atoms with Crippen molar-refractivity contribution in [1.29, 1.82) is 0 Å². The van der Waals surface area contributed by atoms with E-state index in [-0.39, 0.29) is 18.1 Å². The molecule has 4 heterocycles. The van der Waals surface area contributed by atoms with E-state index in [0.29, 0.717) is 13.0 Å². The van der Waals surface area contributed by atoms with Crippen LogP contribution in [-0.4, -0.2) is 61.3 Å². The Bertz CT molecular complexity index is 1270. The number of aryl methyl sites for hydroxylation is 2. The number of nitrogens with zero attached hydrogens (tertiary/aromatic N) is 3. The second-order valence-electron chi connectivity index (χ2n) is 9.82. The summed E-state index contributed by atoms with van der Waals surface area (Å²) in [5, 5.41) is 1.00. The number of ether oxygens (including phenoxy) is 3. The number of benzene rings is 2. The van der Waals surface area contributed by atoms with Crippen LogP contribution in [0.15, 0.2) is 42.5 Å². The smallest absolute Gasteiger partial charge is 0.227 e. The number of carbonyl (C=O) groups excluding carboxylic acids is 1. The average molecular weight is 474 g/mol. The molecule has 3 aliphatic rings. The van der Waals surface area contributed by atoms with Crippen molar-refractivity contribution in [3.8, 4) is 17.2 Å². The number of piperidine rings is 1. The molecule has 0 spiro atoms. The Morgan fingerprint density at radius 1 is 1.09 bits per heavy atom. The zero-order chi connectivity index (χ0) is 23.9. The van der Waals surface area contributed by atoms with Gasteiger partial charge in [0.05, 0.1) is 11.2 Å². The first-order valence-electron chi connectivity index (χ1n) is 12.5. The number of anilines is 1. The summed E-state index contributed by atoms with van der Waals surface area (Å²) in [5.74, 6) is 2.61. The summed E-state index contributed by atoms with van der Waals surface area (Å²) in [6.07, 6.45) is 3.47. The molecule has 1 atom stereocenters. The Morgan fingerprint density at radius 3 is 2.80 bits per heavy atom. The number of rotatable bonds is 4. The van der Waals surface area contributed by atoms with Gasteiger partial charge in [0.2, 0.25) is 5.91 Å². The van der Waals surface area contributed by atoms with Gasteiger partial charge in [0, 0.05) is 50.2 Å². The molecule has 0 bridgehead atoms.